The third-order valence-corrected chi connectivity index (χ3v) is 1.86. The molecule has 0 amide bonds. The zero-order valence-electron chi connectivity index (χ0n) is 9.87. The van der Waals surface area contributed by atoms with Crippen molar-refractivity contribution in [1.82, 2.24) is 0 Å². The Morgan fingerprint density at radius 2 is 1.60 bits per heavy atom. The van der Waals surface area contributed by atoms with Gasteiger partial charge in [-0.05, 0) is 18.6 Å². The van der Waals surface area contributed by atoms with E-state index in [9.17, 15) is 0 Å². The van der Waals surface area contributed by atoms with E-state index in [4.69, 9.17) is 4.74 Å². The van der Waals surface area contributed by atoms with Crippen molar-refractivity contribution >= 4 is 11.4 Å². The highest BCUT2D eigenvalue weighted by atomic mass is 16.5. The Bertz CT molecular complexity index is 323. The van der Waals surface area contributed by atoms with Gasteiger partial charge < -0.3 is 4.74 Å². The SMILES string of the molecule is [CH2]C.[CH2]C1=CC(=NC)C(OC)=CC1=NC. The van der Waals surface area contributed by atoms with Crippen LogP contribution in [0.4, 0.5) is 0 Å². The molecule has 0 heterocycles. The van der Waals surface area contributed by atoms with Crippen molar-refractivity contribution in [3.63, 3.8) is 0 Å². The smallest absolute Gasteiger partial charge is 0.146 e. The molecule has 0 fully saturated rings. The van der Waals surface area contributed by atoms with Gasteiger partial charge in [0.1, 0.15) is 5.76 Å². The summed E-state index contributed by atoms with van der Waals surface area (Å²) in [6.07, 6.45) is 3.70. The second-order valence-electron chi connectivity index (χ2n) is 2.60. The fourth-order valence-electron chi connectivity index (χ4n) is 1.15. The van der Waals surface area contributed by atoms with Gasteiger partial charge in [-0.15, -0.1) is 0 Å². The van der Waals surface area contributed by atoms with Crippen molar-refractivity contribution in [2.45, 2.75) is 6.92 Å². The van der Waals surface area contributed by atoms with Crippen molar-refractivity contribution in [3.05, 3.63) is 37.3 Å². The molecule has 0 aromatic carbocycles. The summed E-state index contributed by atoms with van der Waals surface area (Å²) < 4.78 is 5.15. The molecule has 1 aliphatic rings. The van der Waals surface area contributed by atoms with Gasteiger partial charge in [-0.25, -0.2) is 0 Å². The van der Waals surface area contributed by atoms with Crippen LogP contribution in [0.1, 0.15) is 6.92 Å². The van der Waals surface area contributed by atoms with Crippen LogP contribution in [0, 0.1) is 13.8 Å². The number of nitrogens with zero attached hydrogens (tertiary/aromatic N) is 2. The lowest BCUT2D eigenvalue weighted by Gasteiger charge is -2.13. The first-order valence-corrected chi connectivity index (χ1v) is 4.67. The monoisotopic (exact) mass is 206 g/mol. The van der Waals surface area contributed by atoms with Crippen LogP contribution in [-0.4, -0.2) is 32.6 Å². The summed E-state index contributed by atoms with van der Waals surface area (Å²) in [5.74, 6) is 0.732. The Morgan fingerprint density at radius 1 is 1.07 bits per heavy atom. The van der Waals surface area contributed by atoms with Gasteiger partial charge in [0.15, 0.2) is 0 Å². The molecule has 0 unspecified atom stereocenters. The van der Waals surface area contributed by atoms with Gasteiger partial charge in [0.05, 0.1) is 18.5 Å². The average molecular weight is 206 g/mol. The van der Waals surface area contributed by atoms with Crippen LogP contribution < -0.4 is 0 Å². The van der Waals surface area contributed by atoms with Crippen LogP contribution in [0.25, 0.3) is 0 Å². The van der Waals surface area contributed by atoms with E-state index >= 15 is 0 Å². The molecule has 0 aromatic rings. The average Bonchev–Trinajstić information content (AvgIpc) is 2.31. The predicted molar refractivity (Wildman–Crippen MR) is 66.3 cm³/mol. The molecular weight excluding hydrogens is 188 g/mol. The topological polar surface area (TPSA) is 34.0 Å². The number of aliphatic imine (C=N–C) groups is 2. The zero-order chi connectivity index (χ0) is 11.8. The Hall–Kier alpha value is -1.38. The highest BCUT2D eigenvalue weighted by molar-refractivity contribution is 6.23. The molecular formula is C12H18N2O. The summed E-state index contributed by atoms with van der Waals surface area (Å²) in [4.78, 5) is 8.14. The molecule has 0 atom stereocenters. The van der Waals surface area contributed by atoms with Crippen LogP contribution in [0.15, 0.2) is 33.5 Å². The molecule has 1 aliphatic carbocycles. The molecule has 82 valence electrons. The van der Waals surface area contributed by atoms with Crippen molar-refractivity contribution in [1.29, 1.82) is 0 Å². The van der Waals surface area contributed by atoms with Crippen LogP contribution in [0.5, 0.6) is 0 Å². The molecule has 0 saturated carbocycles. The summed E-state index contributed by atoms with van der Waals surface area (Å²) in [6.45, 7) is 8.87. The summed E-state index contributed by atoms with van der Waals surface area (Å²) in [5, 5.41) is 0. The predicted octanol–water partition coefficient (Wildman–Crippen LogP) is 2.27. The van der Waals surface area contributed by atoms with Gasteiger partial charge in [-0.3, -0.25) is 9.98 Å². The van der Waals surface area contributed by atoms with E-state index < -0.39 is 0 Å². The molecule has 0 N–H and O–H groups in total. The molecule has 15 heavy (non-hydrogen) atoms. The molecule has 3 nitrogen and oxygen atoms in total. The number of hydrogen-bond donors (Lipinski definition) is 0. The van der Waals surface area contributed by atoms with Crippen LogP contribution in [-0.2, 0) is 4.74 Å². The minimum absolute atomic E-state index is 0.732. The number of methoxy groups -OCH3 is 1. The minimum Gasteiger partial charge on any atom is -0.494 e. The third kappa shape index (κ3) is 3.35. The van der Waals surface area contributed by atoms with E-state index in [0.717, 1.165) is 22.8 Å². The highest BCUT2D eigenvalue weighted by Crippen LogP contribution is 2.13. The van der Waals surface area contributed by atoms with Crippen LogP contribution in [0.3, 0.4) is 0 Å². The highest BCUT2D eigenvalue weighted by Gasteiger charge is 2.13. The summed E-state index contributed by atoms with van der Waals surface area (Å²) in [7, 11) is 5.07. The van der Waals surface area contributed by atoms with E-state index in [1.165, 1.54) is 0 Å². The lowest BCUT2D eigenvalue weighted by atomic mass is 10.0. The maximum atomic E-state index is 5.15. The Kier molecular flexibility index (Phi) is 6.34. The summed E-state index contributed by atoms with van der Waals surface area (Å²) in [5.41, 5.74) is 2.51. The fraction of sp³-hybridized carbons (Fsp3) is 0.333. The zero-order valence-corrected chi connectivity index (χ0v) is 9.87. The first-order valence-electron chi connectivity index (χ1n) is 4.67. The molecule has 0 spiro atoms. The van der Waals surface area contributed by atoms with Gasteiger partial charge in [-0.2, -0.15) is 0 Å². The lowest BCUT2D eigenvalue weighted by molar-refractivity contribution is 0.315. The Balaban J connectivity index is 0.000000921. The van der Waals surface area contributed by atoms with Gasteiger partial charge in [0.2, 0.25) is 0 Å². The lowest BCUT2D eigenvalue weighted by Crippen LogP contribution is -2.13. The molecule has 1 rings (SSSR count). The maximum Gasteiger partial charge on any atom is 0.146 e. The minimum atomic E-state index is 0.732. The first kappa shape index (κ1) is 13.6. The first-order chi connectivity index (χ1) is 7.22. The molecule has 2 radical (unpaired) electrons. The van der Waals surface area contributed by atoms with Gasteiger partial charge in [0, 0.05) is 20.2 Å². The molecule has 3 heteroatoms. The largest absolute Gasteiger partial charge is 0.494 e. The number of rotatable bonds is 1. The van der Waals surface area contributed by atoms with Crippen molar-refractivity contribution < 1.29 is 4.74 Å². The number of hydrogen-bond acceptors (Lipinski definition) is 3. The van der Waals surface area contributed by atoms with E-state index in [1.54, 1.807) is 28.1 Å². The quantitative estimate of drug-likeness (QED) is 0.606. The molecule has 0 aromatic heterocycles. The molecule has 0 aliphatic heterocycles. The van der Waals surface area contributed by atoms with E-state index in [0.29, 0.717) is 0 Å². The fourth-order valence-corrected chi connectivity index (χ4v) is 1.15. The van der Waals surface area contributed by atoms with E-state index in [1.807, 2.05) is 12.2 Å². The molecule has 0 bridgehead atoms. The number of ether oxygens (including phenoxy) is 1. The second-order valence-corrected chi connectivity index (χ2v) is 2.60. The van der Waals surface area contributed by atoms with Crippen LogP contribution in [0.2, 0.25) is 0 Å². The second kappa shape index (κ2) is 6.98. The standard InChI is InChI=1S/C10H13N2O.C2H5/c1-7-5-9(12-3)10(13-4)6-8(7)11-2;1-2/h5-6H,1H2,2-4H3;1H2,2H3. The summed E-state index contributed by atoms with van der Waals surface area (Å²) >= 11 is 0. The molecule has 0 saturated heterocycles. The van der Waals surface area contributed by atoms with Crippen molar-refractivity contribution in [2.75, 3.05) is 21.2 Å². The Morgan fingerprint density at radius 3 is 2.00 bits per heavy atom. The van der Waals surface area contributed by atoms with E-state index in [2.05, 4.69) is 23.8 Å². The van der Waals surface area contributed by atoms with Crippen molar-refractivity contribution in [2.24, 2.45) is 9.98 Å². The van der Waals surface area contributed by atoms with E-state index in [-0.39, 0.29) is 0 Å². The third-order valence-electron chi connectivity index (χ3n) is 1.86. The summed E-state index contributed by atoms with van der Waals surface area (Å²) in [6, 6.07) is 0. The maximum absolute atomic E-state index is 5.15. The van der Waals surface area contributed by atoms with Gasteiger partial charge in [-0.1, -0.05) is 13.8 Å². The normalized spacial score (nSPS) is 20.4. The van der Waals surface area contributed by atoms with Gasteiger partial charge in [0.25, 0.3) is 0 Å². The van der Waals surface area contributed by atoms with Crippen LogP contribution >= 0.6 is 0 Å². The van der Waals surface area contributed by atoms with Gasteiger partial charge >= 0.3 is 0 Å². The Labute approximate surface area is 92.3 Å². The van der Waals surface area contributed by atoms with Crippen molar-refractivity contribution in [3.8, 4) is 0 Å². The number of allylic oxidation sites excluding steroid dienone is 3.